The number of imide groups is 1. The lowest BCUT2D eigenvalue weighted by atomic mass is 10.0. The van der Waals surface area contributed by atoms with Crippen molar-refractivity contribution >= 4 is 29.2 Å². The molecule has 3 amide bonds. The average Bonchev–Trinajstić information content (AvgIpc) is 3.57. The Hall–Kier alpha value is -3.59. The summed E-state index contributed by atoms with van der Waals surface area (Å²) in [6.07, 6.45) is -0.483. The van der Waals surface area contributed by atoms with Crippen LogP contribution in [0.4, 0.5) is 23.7 Å². The summed E-state index contributed by atoms with van der Waals surface area (Å²) in [5, 5.41) is 0.591. The molecule has 0 atom stereocenters. The van der Waals surface area contributed by atoms with Gasteiger partial charge in [-0.25, -0.2) is 9.69 Å². The van der Waals surface area contributed by atoms with Gasteiger partial charge in [0.2, 0.25) is 0 Å². The molecule has 1 saturated carbocycles. The number of ether oxygens (including phenoxy) is 1. The summed E-state index contributed by atoms with van der Waals surface area (Å²) in [6, 6.07) is 13.2. The Labute approximate surface area is 197 Å². The molecular formula is C24H17ClF3N3O3. The molecule has 0 unspecified atom stereocenters. The molecule has 0 bridgehead atoms. The first-order chi connectivity index (χ1) is 16.2. The smallest absolute Gasteiger partial charge is 0.406 e. The van der Waals surface area contributed by atoms with E-state index in [2.05, 4.69) is 9.72 Å². The van der Waals surface area contributed by atoms with E-state index in [1.807, 2.05) is 12.1 Å². The fourth-order valence-corrected chi connectivity index (χ4v) is 4.31. The molecule has 6 nitrogen and oxygen atoms in total. The average molecular weight is 488 g/mol. The summed E-state index contributed by atoms with van der Waals surface area (Å²) in [4.78, 5) is 33.3. The molecule has 2 aromatic carbocycles. The standard InChI is InChI=1S/C24H17ClF3N3O3/c25-17-3-1-15(2-4-17)20-13-29-12-9-16(20)14-30-22(33)31(21(32)23(30)10-11-23)18-5-7-19(8-6-18)34-24(26,27)28/h1-9,12-13H,10-11,14H2. The Balaban J connectivity index is 1.43. The van der Waals surface area contributed by atoms with Gasteiger partial charge in [0.05, 0.1) is 5.69 Å². The van der Waals surface area contributed by atoms with E-state index in [9.17, 15) is 22.8 Å². The molecule has 1 aliphatic carbocycles. The quantitative estimate of drug-likeness (QED) is 0.427. The molecule has 2 fully saturated rings. The van der Waals surface area contributed by atoms with Crippen LogP contribution in [0.2, 0.25) is 5.02 Å². The van der Waals surface area contributed by atoms with E-state index in [4.69, 9.17) is 11.6 Å². The van der Waals surface area contributed by atoms with Gasteiger partial charge in [-0.2, -0.15) is 0 Å². The van der Waals surface area contributed by atoms with Crippen molar-refractivity contribution in [3.05, 3.63) is 77.6 Å². The minimum Gasteiger partial charge on any atom is -0.406 e. The van der Waals surface area contributed by atoms with E-state index in [1.54, 1.807) is 30.6 Å². The molecule has 1 aliphatic heterocycles. The first-order valence-corrected chi connectivity index (χ1v) is 10.8. The van der Waals surface area contributed by atoms with Gasteiger partial charge < -0.3 is 9.64 Å². The molecule has 1 saturated heterocycles. The molecule has 3 aromatic rings. The van der Waals surface area contributed by atoms with Crippen LogP contribution in [-0.2, 0) is 11.3 Å². The zero-order valence-corrected chi connectivity index (χ0v) is 18.3. The number of amides is 3. The topological polar surface area (TPSA) is 62.7 Å². The third-order valence-electron chi connectivity index (χ3n) is 5.99. The highest BCUT2D eigenvalue weighted by molar-refractivity contribution is 6.30. The number of halogens is 4. The van der Waals surface area contributed by atoms with Crippen LogP contribution in [0.5, 0.6) is 5.75 Å². The van der Waals surface area contributed by atoms with E-state index in [-0.39, 0.29) is 18.1 Å². The number of urea groups is 1. The lowest BCUT2D eigenvalue weighted by Gasteiger charge is -2.23. The zero-order valence-electron chi connectivity index (χ0n) is 17.6. The number of aromatic nitrogens is 1. The summed E-state index contributed by atoms with van der Waals surface area (Å²) in [5.41, 5.74) is 1.72. The molecule has 174 valence electrons. The predicted octanol–water partition coefficient (Wildman–Crippen LogP) is 5.80. The van der Waals surface area contributed by atoms with Crippen LogP contribution in [0.25, 0.3) is 11.1 Å². The number of pyridine rings is 1. The number of carbonyl (C=O) groups excluding carboxylic acids is 2. The van der Waals surface area contributed by atoms with Gasteiger partial charge in [0.15, 0.2) is 0 Å². The number of hydrogen-bond donors (Lipinski definition) is 0. The van der Waals surface area contributed by atoms with Crippen LogP contribution in [0.1, 0.15) is 18.4 Å². The van der Waals surface area contributed by atoms with Gasteiger partial charge in [0.25, 0.3) is 5.91 Å². The summed E-state index contributed by atoms with van der Waals surface area (Å²) < 4.78 is 41.2. The van der Waals surface area contributed by atoms with E-state index < -0.39 is 23.7 Å². The minimum atomic E-state index is -4.83. The van der Waals surface area contributed by atoms with Crippen molar-refractivity contribution in [3.8, 4) is 16.9 Å². The Morgan fingerprint density at radius 2 is 1.68 bits per heavy atom. The van der Waals surface area contributed by atoms with Gasteiger partial charge in [-0.05, 0) is 66.4 Å². The van der Waals surface area contributed by atoms with E-state index in [1.165, 1.54) is 17.0 Å². The molecule has 1 spiro atoms. The van der Waals surface area contributed by atoms with Gasteiger partial charge in [-0.15, -0.1) is 13.2 Å². The monoisotopic (exact) mass is 487 g/mol. The number of anilines is 1. The third-order valence-corrected chi connectivity index (χ3v) is 6.24. The molecule has 0 radical (unpaired) electrons. The predicted molar refractivity (Wildman–Crippen MR) is 118 cm³/mol. The van der Waals surface area contributed by atoms with E-state index in [0.717, 1.165) is 33.7 Å². The Morgan fingerprint density at radius 3 is 2.29 bits per heavy atom. The van der Waals surface area contributed by atoms with Crippen LogP contribution in [0.3, 0.4) is 0 Å². The van der Waals surface area contributed by atoms with Crippen LogP contribution < -0.4 is 9.64 Å². The highest BCUT2D eigenvalue weighted by Gasteiger charge is 2.65. The second-order valence-electron chi connectivity index (χ2n) is 8.12. The van der Waals surface area contributed by atoms with Crippen LogP contribution in [-0.4, -0.2) is 33.7 Å². The van der Waals surface area contributed by atoms with E-state index >= 15 is 0 Å². The van der Waals surface area contributed by atoms with Gasteiger partial charge in [-0.1, -0.05) is 23.7 Å². The largest absolute Gasteiger partial charge is 0.573 e. The maximum absolute atomic E-state index is 13.4. The highest BCUT2D eigenvalue weighted by Crippen LogP contribution is 2.50. The van der Waals surface area contributed by atoms with Crippen molar-refractivity contribution in [1.82, 2.24) is 9.88 Å². The SMILES string of the molecule is O=C1N(c2ccc(OC(F)(F)F)cc2)C(=O)C2(CC2)N1Cc1ccncc1-c1ccc(Cl)cc1. The molecule has 2 heterocycles. The van der Waals surface area contributed by atoms with Crippen molar-refractivity contribution in [2.75, 3.05) is 4.90 Å². The maximum Gasteiger partial charge on any atom is 0.573 e. The lowest BCUT2D eigenvalue weighted by molar-refractivity contribution is -0.274. The van der Waals surface area contributed by atoms with Gasteiger partial charge in [0, 0.05) is 29.5 Å². The van der Waals surface area contributed by atoms with Gasteiger partial charge in [0.1, 0.15) is 11.3 Å². The molecule has 34 heavy (non-hydrogen) atoms. The molecule has 0 N–H and O–H groups in total. The van der Waals surface area contributed by atoms with E-state index in [0.29, 0.717) is 17.9 Å². The normalized spacial score (nSPS) is 16.9. The molecule has 2 aliphatic rings. The second-order valence-corrected chi connectivity index (χ2v) is 8.56. The molecule has 10 heteroatoms. The zero-order chi connectivity index (χ0) is 24.1. The van der Waals surface area contributed by atoms with Gasteiger partial charge in [-0.3, -0.25) is 9.78 Å². The van der Waals surface area contributed by atoms with Crippen LogP contribution in [0.15, 0.2) is 67.0 Å². The number of nitrogens with zero attached hydrogens (tertiary/aromatic N) is 3. The van der Waals surface area contributed by atoms with Crippen molar-refractivity contribution in [3.63, 3.8) is 0 Å². The Morgan fingerprint density at radius 1 is 1.00 bits per heavy atom. The van der Waals surface area contributed by atoms with Crippen molar-refractivity contribution in [2.45, 2.75) is 31.3 Å². The Bertz CT molecular complexity index is 1260. The first kappa shape index (κ1) is 22.2. The lowest BCUT2D eigenvalue weighted by Crippen LogP contribution is -2.36. The Kier molecular flexibility index (Phi) is 5.24. The second kappa shape index (κ2) is 8.02. The first-order valence-electron chi connectivity index (χ1n) is 10.4. The van der Waals surface area contributed by atoms with Crippen molar-refractivity contribution < 1.29 is 27.5 Å². The van der Waals surface area contributed by atoms with Crippen LogP contribution in [0, 0.1) is 0 Å². The summed E-state index contributed by atoms with van der Waals surface area (Å²) in [6.45, 7) is 0.177. The fourth-order valence-electron chi connectivity index (χ4n) is 4.18. The summed E-state index contributed by atoms with van der Waals surface area (Å²) in [5.74, 6) is -0.818. The minimum absolute atomic E-state index is 0.177. The fraction of sp³-hybridized carbons (Fsp3) is 0.208. The number of rotatable bonds is 5. The summed E-state index contributed by atoms with van der Waals surface area (Å²) >= 11 is 6.00. The number of hydrogen-bond acceptors (Lipinski definition) is 4. The third kappa shape index (κ3) is 3.96. The summed E-state index contributed by atoms with van der Waals surface area (Å²) in [7, 11) is 0. The van der Waals surface area contributed by atoms with Crippen molar-refractivity contribution in [1.29, 1.82) is 0 Å². The molecule has 1 aromatic heterocycles. The maximum atomic E-state index is 13.4. The number of alkyl halides is 3. The molecular weight excluding hydrogens is 471 g/mol. The van der Waals surface area contributed by atoms with Gasteiger partial charge >= 0.3 is 12.4 Å². The van der Waals surface area contributed by atoms with Crippen molar-refractivity contribution in [2.24, 2.45) is 0 Å². The number of carbonyl (C=O) groups is 2. The van der Waals surface area contributed by atoms with Crippen LogP contribution >= 0.6 is 11.6 Å². The molecule has 5 rings (SSSR count). The number of benzene rings is 2. The highest BCUT2D eigenvalue weighted by atomic mass is 35.5.